The molecule has 0 bridgehead atoms. The van der Waals surface area contributed by atoms with E-state index in [0.29, 0.717) is 0 Å². The van der Waals surface area contributed by atoms with Crippen molar-refractivity contribution >= 4 is 39.8 Å². The van der Waals surface area contributed by atoms with Crippen LogP contribution < -0.4 is 0 Å². The van der Waals surface area contributed by atoms with Crippen LogP contribution >= 0.6 is 28.7 Å². The van der Waals surface area contributed by atoms with Crippen molar-refractivity contribution in [3.05, 3.63) is 36.9 Å². The molecule has 0 fully saturated rings. The van der Waals surface area contributed by atoms with Gasteiger partial charge in [-0.2, -0.15) is 0 Å². The number of fused-ring (bicyclic) bond motifs is 1. The van der Waals surface area contributed by atoms with Crippen LogP contribution in [0.1, 0.15) is 0 Å². The molecule has 2 aromatic rings. The quantitative estimate of drug-likeness (QED) is 0.697. The predicted molar refractivity (Wildman–Crippen MR) is 71.0 cm³/mol. The molecule has 0 saturated heterocycles. The van der Waals surface area contributed by atoms with Crippen LogP contribution in [0.3, 0.4) is 0 Å². The first kappa shape index (κ1) is 14.2. The van der Waals surface area contributed by atoms with E-state index in [9.17, 15) is 0 Å². The van der Waals surface area contributed by atoms with Gasteiger partial charge in [0.05, 0.1) is 11.0 Å². The molecule has 1 heterocycles. The summed E-state index contributed by atoms with van der Waals surface area (Å²) in [4.78, 5) is 7.64. The number of halogens is 1. The summed E-state index contributed by atoms with van der Waals surface area (Å²) >= 11 is 1.66. The van der Waals surface area contributed by atoms with Crippen molar-refractivity contribution in [2.45, 2.75) is 5.16 Å². The van der Waals surface area contributed by atoms with E-state index in [2.05, 4.69) is 16.5 Å². The Morgan fingerprint density at radius 3 is 2.80 bits per heavy atom. The number of imidazole rings is 1. The highest BCUT2D eigenvalue weighted by molar-refractivity contribution is 8.93. The lowest BCUT2D eigenvalue weighted by atomic mass is 10.3. The molecule has 0 saturated carbocycles. The highest BCUT2D eigenvalue weighted by Gasteiger charge is 1.99. The van der Waals surface area contributed by atoms with E-state index >= 15 is 0 Å². The summed E-state index contributed by atoms with van der Waals surface area (Å²) in [6.07, 6.45) is 1.87. The van der Waals surface area contributed by atoms with Crippen molar-refractivity contribution in [2.24, 2.45) is 0 Å². The Bertz CT molecular complexity index is 397. The Hall–Kier alpha value is -0.780. The summed E-state index contributed by atoms with van der Waals surface area (Å²) in [6, 6.07) is 8.03. The van der Waals surface area contributed by atoms with Gasteiger partial charge in [0.25, 0.3) is 0 Å². The molecule has 2 rings (SSSR count). The number of H-pyrrole nitrogens is 1. The average molecular weight is 289 g/mol. The van der Waals surface area contributed by atoms with Crippen LogP contribution in [0.4, 0.5) is 0 Å². The van der Waals surface area contributed by atoms with Crippen LogP contribution in [0.2, 0.25) is 0 Å². The van der Waals surface area contributed by atoms with Crippen molar-refractivity contribution in [2.75, 3.05) is 5.75 Å². The molecule has 82 valence electrons. The van der Waals surface area contributed by atoms with Gasteiger partial charge in [0.15, 0.2) is 5.16 Å². The molecule has 0 atom stereocenters. The van der Waals surface area contributed by atoms with Gasteiger partial charge in [-0.05, 0) is 12.1 Å². The lowest BCUT2D eigenvalue weighted by molar-refractivity contribution is 0.824. The minimum absolute atomic E-state index is 0. The van der Waals surface area contributed by atoms with Crippen LogP contribution in [-0.2, 0) is 0 Å². The molecule has 5 heteroatoms. The fraction of sp³-hybridized carbons (Fsp3) is 0.100. The topological polar surface area (TPSA) is 60.2 Å². The first-order valence-electron chi connectivity index (χ1n) is 4.08. The number of hydrogen-bond acceptors (Lipinski definition) is 2. The maximum Gasteiger partial charge on any atom is 0.166 e. The fourth-order valence-electron chi connectivity index (χ4n) is 1.14. The van der Waals surface area contributed by atoms with Crippen LogP contribution in [-0.4, -0.2) is 21.2 Å². The summed E-state index contributed by atoms with van der Waals surface area (Å²) in [6.45, 7) is 3.67. The predicted octanol–water partition coefficient (Wildman–Crippen LogP) is 2.59. The molecule has 3 nitrogen and oxygen atoms in total. The zero-order valence-corrected chi connectivity index (χ0v) is 10.6. The summed E-state index contributed by atoms with van der Waals surface area (Å²) < 4.78 is 0. The number of benzene rings is 1. The van der Waals surface area contributed by atoms with Gasteiger partial charge in [0.1, 0.15) is 0 Å². The molecule has 15 heavy (non-hydrogen) atoms. The molecule has 1 aromatic heterocycles. The monoisotopic (exact) mass is 288 g/mol. The minimum atomic E-state index is 0. The van der Waals surface area contributed by atoms with Gasteiger partial charge in [-0.1, -0.05) is 30.0 Å². The number of aromatic nitrogens is 2. The van der Waals surface area contributed by atoms with Gasteiger partial charge < -0.3 is 10.5 Å². The van der Waals surface area contributed by atoms with Crippen molar-refractivity contribution in [1.82, 2.24) is 9.97 Å². The third-order valence-corrected chi connectivity index (χ3v) is 2.57. The largest absolute Gasteiger partial charge is 0.412 e. The Morgan fingerprint density at radius 1 is 1.40 bits per heavy atom. The van der Waals surface area contributed by atoms with Crippen LogP contribution in [0.5, 0.6) is 0 Å². The zero-order chi connectivity index (χ0) is 9.10. The average Bonchev–Trinajstić information content (AvgIpc) is 2.57. The van der Waals surface area contributed by atoms with Gasteiger partial charge in [-0.15, -0.1) is 23.6 Å². The van der Waals surface area contributed by atoms with E-state index < -0.39 is 0 Å². The lowest BCUT2D eigenvalue weighted by Crippen LogP contribution is -1.74. The minimum Gasteiger partial charge on any atom is -0.412 e. The van der Waals surface area contributed by atoms with Crippen LogP contribution in [0.25, 0.3) is 11.0 Å². The van der Waals surface area contributed by atoms with Gasteiger partial charge >= 0.3 is 0 Å². The van der Waals surface area contributed by atoms with E-state index in [1.165, 1.54) is 0 Å². The van der Waals surface area contributed by atoms with Gasteiger partial charge in [-0.3, -0.25) is 0 Å². The SMILES string of the molecule is Br.C=CCSc1nc2ccccc2[nH]1.O. The van der Waals surface area contributed by atoms with E-state index in [1.54, 1.807) is 11.8 Å². The Morgan fingerprint density at radius 2 is 2.13 bits per heavy atom. The maximum atomic E-state index is 4.41. The van der Waals surface area contributed by atoms with E-state index in [4.69, 9.17) is 0 Å². The van der Waals surface area contributed by atoms with Crippen LogP contribution in [0.15, 0.2) is 42.1 Å². The first-order chi connectivity index (χ1) is 6.40. The highest BCUT2D eigenvalue weighted by atomic mass is 79.9. The van der Waals surface area contributed by atoms with E-state index in [0.717, 1.165) is 21.9 Å². The van der Waals surface area contributed by atoms with E-state index in [-0.39, 0.29) is 22.5 Å². The molecular formula is C10H13BrN2OS. The fourth-order valence-corrected chi connectivity index (χ4v) is 1.76. The van der Waals surface area contributed by atoms with Gasteiger partial charge in [0.2, 0.25) is 0 Å². The van der Waals surface area contributed by atoms with Crippen molar-refractivity contribution < 1.29 is 5.48 Å². The molecular weight excluding hydrogens is 276 g/mol. The third kappa shape index (κ3) is 3.37. The van der Waals surface area contributed by atoms with Gasteiger partial charge in [0, 0.05) is 5.75 Å². The molecule has 0 aliphatic heterocycles. The van der Waals surface area contributed by atoms with Crippen LogP contribution in [0, 0.1) is 0 Å². The maximum absolute atomic E-state index is 4.41. The number of thioether (sulfide) groups is 1. The number of para-hydroxylation sites is 2. The van der Waals surface area contributed by atoms with E-state index in [1.807, 2.05) is 30.3 Å². The molecule has 0 aliphatic rings. The molecule has 3 N–H and O–H groups in total. The van der Waals surface area contributed by atoms with Crippen molar-refractivity contribution in [1.29, 1.82) is 0 Å². The Kier molecular flexibility index (Phi) is 6.31. The first-order valence-corrected chi connectivity index (χ1v) is 5.07. The molecule has 0 radical (unpaired) electrons. The van der Waals surface area contributed by atoms with Crippen molar-refractivity contribution in [3.63, 3.8) is 0 Å². The second-order valence-electron chi connectivity index (χ2n) is 2.66. The third-order valence-electron chi connectivity index (χ3n) is 1.71. The summed E-state index contributed by atoms with van der Waals surface area (Å²) in [5, 5.41) is 0.959. The van der Waals surface area contributed by atoms with Crippen molar-refractivity contribution in [3.8, 4) is 0 Å². The molecule has 0 spiro atoms. The second kappa shape index (κ2) is 6.66. The Labute approximate surface area is 103 Å². The molecule has 0 aliphatic carbocycles. The number of nitrogens with one attached hydrogen (secondary N) is 1. The number of aromatic amines is 1. The second-order valence-corrected chi connectivity index (χ2v) is 3.67. The lowest BCUT2D eigenvalue weighted by Gasteiger charge is -1.87. The highest BCUT2D eigenvalue weighted by Crippen LogP contribution is 2.18. The van der Waals surface area contributed by atoms with Gasteiger partial charge in [-0.25, -0.2) is 4.98 Å². The normalized spacial score (nSPS) is 9.07. The smallest absolute Gasteiger partial charge is 0.166 e. The standard InChI is InChI=1S/C10H10N2S.BrH.H2O/c1-2-7-13-10-11-8-5-3-4-6-9(8)12-10;;/h2-6H,1,7H2,(H,11,12);1H;1H2. The summed E-state index contributed by atoms with van der Waals surface area (Å²) in [5.41, 5.74) is 2.11. The number of hydrogen-bond donors (Lipinski definition) is 1. The molecule has 0 amide bonds. The summed E-state index contributed by atoms with van der Waals surface area (Å²) in [5.74, 6) is 0.889. The molecule has 0 unspecified atom stereocenters. The zero-order valence-electron chi connectivity index (χ0n) is 8.06. The number of nitrogens with zero attached hydrogens (tertiary/aromatic N) is 1. The Balaban J connectivity index is 0.000000980. The number of rotatable bonds is 3. The molecule has 1 aromatic carbocycles. The summed E-state index contributed by atoms with van der Waals surface area (Å²) in [7, 11) is 0.